The van der Waals surface area contributed by atoms with E-state index in [4.69, 9.17) is 4.42 Å². The first-order valence-electron chi connectivity index (χ1n) is 5.60. The van der Waals surface area contributed by atoms with E-state index in [9.17, 15) is 9.59 Å². The number of rotatable bonds is 6. The molecule has 0 bridgehead atoms. The van der Waals surface area contributed by atoms with E-state index in [-0.39, 0.29) is 17.6 Å². The van der Waals surface area contributed by atoms with Gasteiger partial charge in [0.25, 0.3) is 5.91 Å². The summed E-state index contributed by atoms with van der Waals surface area (Å²) in [6.07, 6.45) is 4.00. The molecular weight excluding hydrogens is 252 g/mol. The van der Waals surface area contributed by atoms with Crippen molar-refractivity contribution in [2.75, 3.05) is 26.1 Å². The SMILES string of the molecule is CSCCC(NC(=O)c1ccco1)C(=O)N(C)C. The summed E-state index contributed by atoms with van der Waals surface area (Å²) in [5.41, 5.74) is 0. The highest BCUT2D eigenvalue weighted by Gasteiger charge is 2.23. The first kappa shape index (κ1) is 14.6. The zero-order valence-electron chi connectivity index (χ0n) is 10.8. The molecule has 1 unspecified atom stereocenters. The van der Waals surface area contributed by atoms with Crippen molar-refractivity contribution in [2.24, 2.45) is 0 Å². The Labute approximate surface area is 111 Å². The van der Waals surface area contributed by atoms with Crippen LogP contribution < -0.4 is 5.32 Å². The molecule has 0 aliphatic heterocycles. The topological polar surface area (TPSA) is 62.6 Å². The number of carbonyl (C=O) groups is 2. The molecule has 1 heterocycles. The fourth-order valence-corrected chi connectivity index (χ4v) is 1.91. The van der Waals surface area contributed by atoms with E-state index in [0.717, 1.165) is 5.75 Å². The molecule has 18 heavy (non-hydrogen) atoms. The standard InChI is InChI=1S/C12H18N2O3S/c1-14(2)12(16)9(6-8-18-3)13-11(15)10-5-4-7-17-10/h4-5,7,9H,6,8H2,1-3H3,(H,13,15). The summed E-state index contributed by atoms with van der Waals surface area (Å²) in [6.45, 7) is 0. The molecule has 1 rings (SSSR count). The molecule has 100 valence electrons. The number of amides is 2. The van der Waals surface area contributed by atoms with Crippen LogP contribution in [-0.4, -0.2) is 48.9 Å². The normalized spacial score (nSPS) is 11.9. The van der Waals surface area contributed by atoms with Crippen molar-refractivity contribution < 1.29 is 14.0 Å². The zero-order chi connectivity index (χ0) is 13.5. The fourth-order valence-electron chi connectivity index (χ4n) is 1.44. The van der Waals surface area contributed by atoms with Crippen LogP contribution in [0, 0.1) is 0 Å². The van der Waals surface area contributed by atoms with E-state index < -0.39 is 6.04 Å². The number of likely N-dealkylation sites (N-methyl/N-ethyl adjacent to an activating group) is 1. The van der Waals surface area contributed by atoms with Crippen molar-refractivity contribution in [3.8, 4) is 0 Å². The van der Waals surface area contributed by atoms with E-state index in [1.54, 1.807) is 38.0 Å². The molecule has 6 heteroatoms. The summed E-state index contributed by atoms with van der Waals surface area (Å²) in [7, 11) is 3.35. The lowest BCUT2D eigenvalue weighted by Crippen LogP contribution is -2.46. The minimum absolute atomic E-state index is 0.107. The largest absolute Gasteiger partial charge is 0.459 e. The molecule has 2 amide bonds. The number of hydrogen-bond acceptors (Lipinski definition) is 4. The van der Waals surface area contributed by atoms with E-state index in [1.807, 2.05) is 6.26 Å². The first-order chi connectivity index (χ1) is 8.56. The van der Waals surface area contributed by atoms with Crippen LogP contribution in [0.3, 0.4) is 0 Å². The third-order valence-electron chi connectivity index (χ3n) is 2.40. The van der Waals surface area contributed by atoms with Crippen LogP contribution in [0.5, 0.6) is 0 Å². The van der Waals surface area contributed by atoms with Crippen molar-refractivity contribution >= 4 is 23.6 Å². The lowest BCUT2D eigenvalue weighted by molar-refractivity contribution is -0.130. The van der Waals surface area contributed by atoms with Crippen LogP contribution in [0.15, 0.2) is 22.8 Å². The average molecular weight is 270 g/mol. The quantitative estimate of drug-likeness (QED) is 0.844. The summed E-state index contributed by atoms with van der Waals surface area (Å²) < 4.78 is 5.00. The molecule has 0 saturated carbocycles. The predicted molar refractivity (Wildman–Crippen MR) is 71.7 cm³/mol. The molecule has 0 aromatic carbocycles. The summed E-state index contributed by atoms with van der Waals surface area (Å²) in [5.74, 6) is 0.559. The average Bonchev–Trinajstić information content (AvgIpc) is 2.86. The number of thioether (sulfide) groups is 1. The fraction of sp³-hybridized carbons (Fsp3) is 0.500. The number of hydrogen-bond donors (Lipinski definition) is 1. The second-order valence-corrected chi connectivity index (χ2v) is 5.00. The lowest BCUT2D eigenvalue weighted by atomic mass is 10.2. The number of carbonyl (C=O) groups excluding carboxylic acids is 2. The van der Waals surface area contributed by atoms with Gasteiger partial charge in [0.05, 0.1) is 6.26 Å². The summed E-state index contributed by atoms with van der Waals surface area (Å²) >= 11 is 1.64. The van der Waals surface area contributed by atoms with Crippen LogP contribution in [-0.2, 0) is 4.79 Å². The lowest BCUT2D eigenvalue weighted by Gasteiger charge is -2.20. The third-order valence-corrected chi connectivity index (χ3v) is 3.04. The Morgan fingerprint density at radius 2 is 2.22 bits per heavy atom. The van der Waals surface area contributed by atoms with E-state index in [1.165, 1.54) is 11.2 Å². The Hall–Kier alpha value is -1.43. The van der Waals surface area contributed by atoms with Gasteiger partial charge >= 0.3 is 0 Å². The van der Waals surface area contributed by atoms with Gasteiger partial charge in [-0.2, -0.15) is 11.8 Å². The first-order valence-corrected chi connectivity index (χ1v) is 7.00. The van der Waals surface area contributed by atoms with Crippen molar-refractivity contribution in [3.63, 3.8) is 0 Å². The highest BCUT2D eigenvalue weighted by Crippen LogP contribution is 2.06. The van der Waals surface area contributed by atoms with Crippen LogP contribution in [0.25, 0.3) is 0 Å². The Bertz CT molecular complexity index is 390. The maximum Gasteiger partial charge on any atom is 0.287 e. The van der Waals surface area contributed by atoms with Crippen molar-refractivity contribution in [3.05, 3.63) is 24.2 Å². The highest BCUT2D eigenvalue weighted by molar-refractivity contribution is 7.98. The van der Waals surface area contributed by atoms with Gasteiger partial charge in [0.15, 0.2) is 5.76 Å². The minimum atomic E-state index is -0.509. The molecular formula is C12H18N2O3S. The number of furan rings is 1. The maximum absolute atomic E-state index is 11.9. The van der Waals surface area contributed by atoms with E-state index >= 15 is 0 Å². The summed E-state index contributed by atoms with van der Waals surface area (Å²) in [6, 6.07) is 2.70. The molecule has 5 nitrogen and oxygen atoms in total. The van der Waals surface area contributed by atoms with Gasteiger partial charge in [-0.3, -0.25) is 9.59 Å². The molecule has 0 spiro atoms. The van der Waals surface area contributed by atoms with Gasteiger partial charge in [-0.05, 0) is 30.6 Å². The van der Waals surface area contributed by atoms with Crippen LogP contribution >= 0.6 is 11.8 Å². The second-order valence-electron chi connectivity index (χ2n) is 4.02. The van der Waals surface area contributed by atoms with E-state index in [0.29, 0.717) is 6.42 Å². The molecule has 0 saturated heterocycles. The van der Waals surface area contributed by atoms with Gasteiger partial charge in [0.2, 0.25) is 5.91 Å². The Balaban J connectivity index is 2.66. The van der Waals surface area contributed by atoms with Gasteiger partial charge < -0.3 is 14.6 Å². The zero-order valence-corrected chi connectivity index (χ0v) is 11.6. The predicted octanol–water partition coefficient (Wildman–Crippen LogP) is 1.22. The monoisotopic (exact) mass is 270 g/mol. The Morgan fingerprint density at radius 1 is 1.50 bits per heavy atom. The molecule has 0 aliphatic rings. The number of nitrogens with one attached hydrogen (secondary N) is 1. The Kier molecular flexibility index (Phi) is 5.77. The van der Waals surface area contributed by atoms with Gasteiger partial charge in [-0.1, -0.05) is 0 Å². The van der Waals surface area contributed by atoms with Gasteiger partial charge in [0.1, 0.15) is 6.04 Å². The minimum Gasteiger partial charge on any atom is -0.459 e. The summed E-state index contributed by atoms with van der Waals surface area (Å²) in [5, 5.41) is 2.70. The molecule has 0 fully saturated rings. The molecule has 1 aromatic rings. The highest BCUT2D eigenvalue weighted by atomic mass is 32.2. The van der Waals surface area contributed by atoms with Crippen molar-refractivity contribution in [1.82, 2.24) is 10.2 Å². The van der Waals surface area contributed by atoms with E-state index in [2.05, 4.69) is 5.32 Å². The van der Waals surface area contributed by atoms with Crippen LogP contribution in [0.4, 0.5) is 0 Å². The molecule has 1 atom stereocenters. The third kappa shape index (κ3) is 4.10. The number of nitrogens with zero attached hydrogens (tertiary/aromatic N) is 1. The van der Waals surface area contributed by atoms with Gasteiger partial charge in [0, 0.05) is 14.1 Å². The van der Waals surface area contributed by atoms with Gasteiger partial charge in [-0.15, -0.1) is 0 Å². The van der Waals surface area contributed by atoms with Crippen molar-refractivity contribution in [1.29, 1.82) is 0 Å². The van der Waals surface area contributed by atoms with Crippen LogP contribution in [0.2, 0.25) is 0 Å². The van der Waals surface area contributed by atoms with Crippen LogP contribution in [0.1, 0.15) is 17.0 Å². The smallest absolute Gasteiger partial charge is 0.287 e. The Morgan fingerprint density at radius 3 is 2.72 bits per heavy atom. The molecule has 0 radical (unpaired) electrons. The molecule has 1 N–H and O–H groups in total. The second kappa shape index (κ2) is 7.10. The maximum atomic E-state index is 11.9. The summed E-state index contributed by atoms with van der Waals surface area (Å²) in [4.78, 5) is 25.2. The molecule has 1 aromatic heterocycles. The van der Waals surface area contributed by atoms with Crippen molar-refractivity contribution in [2.45, 2.75) is 12.5 Å². The molecule has 0 aliphatic carbocycles. The van der Waals surface area contributed by atoms with Gasteiger partial charge in [-0.25, -0.2) is 0 Å².